The lowest BCUT2D eigenvalue weighted by molar-refractivity contribution is 0.199. The molecule has 2 aromatic rings. The van der Waals surface area contributed by atoms with Gasteiger partial charge in [-0.25, -0.2) is 4.98 Å². The van der Waals surface area contributed by atoms with Gasteiger partial charge < -0.3 is 14.5 Å². The van der Waals surface area contributed by atoms with Crippen LogP contribution in [0.4, 0.5) is 0 Å². The standard InChI is InChI=1S/C15H19BrN2O2S/c1-10-11(2)20-15(18-10)21-13-5-4-12(14(16)8-13)9-17-6-7-19-3/h4-5,8,17H,6-7,9H2,1-3H3. The van der Waals surface area contributed by atoms with Gasteiger partial charge in [-0.05, 0) is 43.3 Å². The molecule has 0 unspecified atom stereocenters. The Hall–Kier alpha value is -0.820. The zero-order valence-corrected chi connectivity index (χ0v) is 14.8. The number of nitrogens with one attached hydrogen (secondary N) is 1. The van der Waals surface area contributed by atoms with Gasteiger partial charge >= 0.3 is 0 Å². The third-order valence-corrected chi connectivity index (χ3v) is 4.61. The van der Waals surface area contributed by atoms with Crippen LogP contribution in [0.5, 0.6) is 0 Å². The normalized spacial score (nSPS) is 11.0. The fourth-order valence-corrected chi connectivity index (χ4v) is 3.25. The molecule has 0 amide bonds. The molecule has 1 heterocycles. The van der Waals surface area contributed by atoms with E-state index in [1.165, 1.54) is 17.3 Å². The van der Waals surface area contributed by atoms with Gasteiger partial charge in [0.15, 0.2) is 0 Å². The van der Waals surface area contributed by atoms with Gasteiger partial charge in [-0.15, -0.1) is 0 Å². The number of methoxy groups -OCH3 is 1. The molecular weight excluding hydrogens is 352 g/mol. The van der Waals surface area contributed by atoms with Crippen LogP contribution < -0.4 is 5.32 Å². The minimum absolute atomic E-state index is 0.683. The third-order valence-electron chi connectivity index (χ3n) is 3.04. The highest BCUT2D eigenvalue weighted by atomic mass is 79.9. The predicted molar refractivity (Wildman–Crippen MR) is 87.8 cm³/mol. The first-order valence-electron chi connectivity index (χ1n) is 6.70. The lowest BCUT2D eigenvalue weighted by Crippen LogP contribution is -2.18. The Morgan fingerprint density at radius 1 is 1.38 bits per heavy atom. The van der Waals surface area contributed by atoms with E-state index in [1.807, 2.05) is 13.8 Å². The molecule has 114 valence electrons. The summed E-state index contributed by atoms with van der Waals surface area (Å²) in [6, 6.07) is 6.28. The number of hydrogen-bond acceptors (Lipinski definition) is 5. The molecule has 21 heavy (non-hydrogen) atoms. The van der Waals surface area contributed by atoms with E-state index in [-0.39, 0.29) is 0 Å². The summed E-state index contributed by atoms with van der Waals surface area (Å²) in [5.41, 5.74) is 2.16. The van der Waals surface area contributed by atoms with Crippen molar-refractivity contribution < 1.29 is 9.15 Å². The summed E-state index contributed by atoms with van der Waals surface area (Å²) in [4.78, 5) is 5.48. The molecule has 0 aliphatic heterocycles. The molecule has 1 aromatic carbocycles. The summed E-state index contributed by atoms with van der Waals surface area (Å²) in [5, 5.41) is 4.01. The van der Waals surface area contributed by atoms with Crippen LogP contribution in [0, 0.1) is 13.8 Å². The Morgan fingerprint density at radius 2 is 2.19 bits per heavy atom. The minimum atomic E-state index is 0.683. The topological polar surface area (TPSA) is 47.3 Å². The predicted octanol–water partition coefficient (Wildman–Crippen LogP) is 3.94. The molecule has 0 aliphatic rings. The largest absolute Gasteiger partial charge is 0.436 e. The van der Waals surface area contributed by atoms with Crippen molar-refractivity contribution in [1.82, 2.24) is 10.3 Å². The number of aromatic nitrogens is 1. The Morgan fingerprint density at radius 3 is 2.81 bits per heavy atom. The molecule has 0 spiro atoms. The molecule has 0 radical (unpaired) electrons. The summed E-state index contributed by atoms with van der Waals surface area (Å²) in [6.07, 6.45) is 0. The zero-order chi connectivity index (χ0) is 15.2. The molecule has 2 rings (SSSR count). The average molecular weight is 371 g/mol. The van der Waals surface area contributed by atoms with E-state index >= 15 is 0 Å². The molecule has 0 bridgehead atoms. The van der Waals surface area contributed by atoms with Crippen LogP contribution >= 0.6 is 27.7 Å². The molecule has 6 heteroatoms. The van der Waals surface area contributed by atoms with E-state index < -0.39 is 0 Å². The SMILES string of the molecule is COCCNCc1ccc(Sc2nc(C)c(C)o2)cc1Br. The smallest absolute Gasteiger partial charge is 0.260 e. The summed E-state index contributed by atoms with van der Waals surface area (Å²) in [6.45, 7) is 6.25. The molecule has 0 saturated heterocycles. The molecule has 1 aromatic heterocycles. The Kier molecular flexibility index (Phi) is 6.29. The third kappa shape index (κ3) is 4.85. The second kappa shape index (κ2) is 7.98. The first-order valence-corrected chi connectivity index (χ1v) is 8.31. The van der Waals surface area contributed by atoms with Gasteiger partial charge in [-0.2, -0.15) is 0 Å². The number of halogens is 1. The number of ether oxygens (including phenoxy) is 1. The van der Waals surface area contributed by atoms with Crippen molar-refractivity contribution in [2.45, 2.75) is 30.5 Å². The van der Waals surface area contributed by atoms with Crippen LogP contribution in [-0.4, -0.2) is 25.2 Å². The van der Waals surface area contributed by atoms with Gasteiger partial charge in [0.2, 0.25) is 0 Å². The van der Waals surface area contributed by atoms with Gasteiger partial charge in [0, 0.05) is 29.6 Å². The maximum absolute atomic E-state index is 5.59. The number of aryl methyl sites for hydroxylation is 2. The number of rotatable bonds is 7. The maximum Gasteiger partial charge on any atom is 0.260 e. The molecule has 1 N–H and O–H groups in total. The van der Waals surface area contributed by atoms with Gasteiger partial charge in [-0.3, -0.25) is 0 Å². The monoisotopic (exact) mass is 370 g/mol. The Balaban J connectivity index is 1.98. The lowest BCUT2D eigenvalue weighted by Gasteiger charge is -2.08. The van der Waals surface area contributed by atoms with E-state index in [2.05, 4.69) is 44.4 Å². The highest BCUT2D eigenvalue weighted by Gasteiger charge is 2.09. The number of nitrogens with zero attached hydrogens (tertiary/aromatic N) is 1. The lowest BCUT2D eigenvalue weighted by atomic mass is 10.2. The fraction of sp³-hybridized carbons (Fsp3) is 0.400. The summed E-state index contributed by atoms with van der Waals surface area (Å²) < 4.78 is 11.7. The van der Waals surface area contributed by atoms with Crippen molar-refractivity contribution in [3.63, 3.8) is 0 Å². The molecule has 4 nitrogen and oxygen atoms in total. The van der Waals surface area contributed by atoms with Crippen LogP contribution in [-0.2, 0) is 11.3 Å². The van der Waals surface area contributed by atoms with Crippen LogP contribution in [0.15, 0.2) is 37.2 Å². The van der Waals surface area contributed by atoms with Gasteiger partial charge in [0.1, 0.15) is 5.76 Å². The van der Waals surface area contributed by atoms with Crippen molar-refractivity contribution in [2.75, 3.05) is 20.3 Å². The number of benzene rings is 1. The van der Waals surface area contributed by atoms with E-state index in [0.717, 1.165) is 33.9 Å². The Bertz CT molecular complexity index is 582. The van der Waals surface area contributed by atoms with Gasteiger partial charge in [-0.1, -0.05) is 22.0 Å². The fourth-order valence-electron chi connectivity index (χ4n) is 1.72. The van der Waals surface area contributed by atoms with Gasteiger partial charge in [0.25, 0.3) is 5.22 Å². The van der Waals surface area contributed by atoms with E-state index in [1.54, 1.807) is 7.11 Å². The van der Waals surface area contributed by atoms with E-state index in [0.29, 0.717) is 11.8 Å². The molecule has 0 fully saturated rings. The van der Waals surface area contributed by atoms with E-state index in [9.17, 15) is 0 Å². The molecule has 0 atom stereocenters. The average Bonchev–Trinajstić information content (AvgIpc) is 2.75. The highest BCUT2D eigenvalue weighted by Crippen LogP contribution is 2.31. The van der Waals surface area contributed by atoms with Crippen molar-refractivity contribution in [3.8, 4) is 0 Å². The maximum atomic E-state index is 5.59. The number of hydrogen-bond donors (Lipinski definition) is 1. The molecule has 0 aliphatic carbocycles. The number of oxazole rings is 1. The van der Waals surface area contributed by atoms with Crippen molar-refractivity contribution >= 4 is 27.7 Å². The van der Waals surface area contributed by atoms with Gasteiger partial charge in [0.05, 0.1) is 12.3 Å². The first-order chi connectivity index (χ1) is 10.1. The van der Waals surface area contributed by atoms with Crippen molar-refractivity contribution in [2.24, 2.45) is 0 Å². The summed E-state index contributed by atoms with van der Waals surface area (Å²) >= 11 is 5.14. The highest BCUT2D eigenvalue weighted by molar-refractivity contribution is 9.10. The second-order valence-corrected chi connectivity index (χ2v) is 6.53. The van der Waals surface area contributed by atoms with Crippen molar-refractivity contribution in [3.05, 3.63) is 39.7 Å². The summed E-state index contributed by atoms with van der Waals surface area (Å²) in [5.74, 6) is 0.871. The first kappa shape index (κ1) is 16.5. The zero-order valence-electron chi connectivity index (χ0n) is 12.4. The molecular formula is C15H19BrN2O2S. The van der Waals surface area contributed by atoms with Crippen LogP contribution in [0.1, 0.15) is 17.0 Å². The van der Waals surface area contributed by atoms with Crippen LogP contribution in [0.3, 0.4) is 0 Å². The van der Waals surface area contributed by atoms with Crippen molar-refractivity contribution in [1.29, 1.82) is 0 Å². The minimum Gasteiger partial charge on any atom is -0.436 e. The second-order valence-electron chi connectivity index (χ2n) is 4.65. The van der Waals surface area contributed by atoms with E-state index in [4.69, 9.17) is 9.15 Å². The molecule has 0 saturated carbocycles. The van der Waals surface area contributed by atoms with Crippen LogP contribution in [0.25, 0.3) is 0 Å². The van der Waals surface area contributed by atoms with Crippen LogP contribution in [0.2, 0.25) is 0 Å². The summed E-state index contributed by atoms with van der Waals surface area (Å²) in [7, 11) is 1.70. The Labute approximate surface area is 137 Å². The quantitative estimate of drug-likeness (QED) is 0.747.